The lowest BCUT2D eigenvalue weighted by Gasteiger charge is -2.60. The summed E-state index contributed by atoms with van der Waals surface area (Å²) < 4.78 is 5.93. The number of aryl methyl sites for hydroxylation is 2. The molecule has 4 saturated carbocycles. The Morgan fingerprint density at radius 3 is 2.55 bits per heavy atom. The van der Waals surface area contributed by atoms with E-state index in [9.17, 15) is 14.4 Å². The molecule has 4 aliphatic carbocycles. The summed E-state index contributed by atoms with van der Waals surface area (Å²) in [7, 11) is 0. The maximum atomic E-state index is 13.5. The van der Waals surface area contributed by atoms with Gasteiger partial charge in [-0.1, -0.05) is 0 Å². The molecule has 3 atom stereocenters. The molecule has 166 valence electrons. The number of nitrogens with one attached hydrogen (secondary N) is 2. The van der Waals surface area contributed by atoms with Gasteiger partial charge in [0.05, 0.1) is 10.8 Å². The highest BCUT2D eigenvalue weighted by Crippen LogP contribution is 2.62. The molecule has 6 rings (SSSR count). The fourth-order valence-corrected chi connectivity index (χ4v) is 7.86. The van der Waals surface area contributed by atoms with Crippen LogP contribution in [0.3, 0.4) is 0 Å². The Hall–Kier alpha value is -2.22. The van der Waals surface area contributed by atoms with Gasteiger partial charge in [-0.25, -0.2) is 4.98 Å². The van der Waals surface area contributed by atoms with Crippen molar-refractivity contribution in [3.63, 3.8) is 0 Å². The monoisotopic (exact) mass is 443 g/mol. The lowest BCUT2D eigenvalue weighted by molar-refractivity contribution is -0.181. The first-order chi connectivity index (χ1) is 14.6. The van der Waals surface area contributed by atoms with Gasteiger partial charge >= 0.3 is 5.97 Å². The van der Waals surface area contributed by atoms with E-state index in [0.717, 1.165) is 42.5 Å². The molecule has 8 heteroatoms. The van der Waals surface area contributed by atoms with Gasteiger partial charge in [0.2, 0.25) is 5.91 Å². The summed E-state index contributed by atoms with van der Waals surface area (Å²) in [6.45, 7) is 7.21. The van der Waals surface area contributed by atoms with E-state index in [1.807, 2.05) is 13.8 Å². The first-order valence-electron chi connectivity index (χ1n) is 11.1. The molecule has 4 aliphatic rings. The summed E-state index contributed by atoms with van der Waals surface area (Å²) in [5.74, 6) is 1.03. The zero-order chi connectivity index (χ0) is 22.1. The molecule has 0 aliphatic heterocycles. The highest BCUT2D eigenvalue weighted by molar-refractivity contribution is 7.18. The lowest BCUT2D eigenvalue weighted by Crippen LogP contribution is -2.64. The number of fused-ring (bicyclic) bond motifs is 1. The second-order valence-electron chi connectivity index (χ2n) is 10.2. The molecule has 7 nitrogen and oxygen atoms in total. The minimum absolute atomic E-state index is 0.0320. The van der Waals surface area contributed by atoms with E-state index >= 15 is 0 Å². The molecule has 2 aromatic rings. The smallest absolute Gasteiger partial charge is 0.312 e. The zero-order valence-electron chi connectivity index (χ0n) is 18.5. The summed E-state index contributed by atoms with van der Waals surface area (Å²) in [5, 5.41) is 3.80. The van der Waals surface area contributed by atoms with Crippen molar-refractivity contribution in [1.82, 2.24) is 15.3 Å². The van der Waals surface area contributed by atoms with Crippen LogP contribution < -0.4 is 10.9 Å². The number of hydrogen-bond donors (Lipinski definition) is 2. The predicted molar refractivity (Wildman–Crippen MR) is 118 cm³/mol. The SMILES string of the molecule is CC(=O)NC12CC3CC(C1)CC(C(=O)OC(C)c1nc4sc(C)c(C)c4c(=O)[nH]1)(C3)C2. The molecule has 31 heavy (non-hydrogen) atoms. The quantitative estimate of drug-likeness (QED) is 0.702. The van der Waals surface area contributed by atoms with Gasteiger partial charge in [-0.3, -0.25) is 14.4 Å². The Morgan fingerprint density at radius 2 is 1.90 bits per heavy atom. The molecule has 2 N–H and O–H groups in total. The molecule has 0 radical (unpaired) electrons. The highest BCUT2D eigenvalue weighted by Gasteiger charge is 2.61. The third-order valence-electron chi connectivity index (χ3n) is 7.66. The number of aromatic nitrogens is 2. The predicted octanol–water partition coefficient (Wildman–Crippen LogP) is 3.68. The second kappa shape index (κ2) is 6.89. The zero-order valence-corrected chi connectivity index (χ0v) is 19.3. The van der Waals surface area contributed by atoms with Crippen LogP contribution in [0.5, 0.6) is 0 Å². The fourth-order valence-electron chi connectivity index (χ4n) is 6.83. The molecular formula is C23H29N3O4S. The van der Waals surface area contributed by atoms with Crippen molar-refractivity contribution in [3.05, 3.63) is 26.6 Å². The van der Waals surface area contributed by atoms with E-state index in [1.165, 1.54) is 11.3 Å². The van der Waals surface area contributed by atoms with Gasteiger partial charge in [-0.15, -0.1) is 11.3 Å². The fraction of sp³-hybridized carbons (Fsp3) is 0.652. The van der Waals surface area contributed by atoms with Gasteiger partial charge in [0, 0.05) is 17.3 Å². The average Bonchev–Trinajstić information content (AvgIpc) is 2.93. The van der Waals surface area contributed by atoms with Crippen LogP contribution in [0.1, 0.15) is 74.7 Å². The number of carbonyl (C=O) groups excluding carboxylic acids is 2. The molecule has 2 heterocycles. The summed E-state index contributed by atoms with van der Waals surface area (Å²) in [6, 6.07) is 0. The maximum absolute atomic E-state index is 13.5. The molecule has 3 unspecified atom stereocenters. The highest BCUT2D eigenvalue weighted by atomic mass is 32.1. The van der Waals surface area contributed by atoms with Gasteiger partial charge in [0.25, 0.3) is 5.56 Å². The van der Waals surface area contributed by atoms with Crippen LogP contribution in [0.25, 0.3) is 10.2 Å². The molecule has 1 amide bonds. The van der Waals surface area contributed by atoms with Gasteiger partial charge < -0.3 is 15.0 Å². The second-order valence-corrected chi connectivity index (χ2v) is 11.4. The van der Waals surface area contributed by atoms with E-state index in [2.05, 4.69) is 15.3 Å². The molecule has 4 fully saturated rings. The number of hydrogen-bond acceptors (Lipinski definition) is 6. The van der Waals surface area contributed by atoms with Gasteiger partial charge in [0.1, 0.15) is 4.83 Å². The summed E-state index contributed by atoms with van der Waals surface area (Å²) in [5.41, 5.74) is -0.0808. The number of aromatic amines is 1. The first kappa shape index (κ1) is 20.7. The van der Waals surface area contributed by atoms with Crippen LogP contribution >= 0.6 is 11.3 Å². The molecule has 4 bridgehead atoms. The van der Waals surface area contributed by atoms with E-state index in [-0.39, 0.29) is 23.0 Å². The number of rotatable bonds is 4. The first-order valence-corrected chi connectivity index (χ1v) is 11.9. The number of H-pyrrole nitrogens is 1. The maximum Gasteiger partial charge on any atom is 0.312 e. The van der Waals surface area contributed by atoms with Crippen LogP contribution in [-0.4, -0.2) is 27.4 Å². The Balaban J connectivity index is 1.40. The molecule has 0 spiro atoms. The number of esters is 1. The number of nitrogens with zero attached hydrogens (tertiary/aromatic N) is 1. The van der Waals surface area contributed by atoms with Crippen LogP contribution in [0, 0.1) is 31.1 Å². The van der Waals surface area contributed by atoms with Crippen LogP contribution in [0.15, 0.2) is 4.79 Å². The van der Waals surface area contributed by atoms with Crippen molar-refractivity contribution in [2.75, 3.05) is 0 Å². The third kappa shape index (κ3) is 3.30. The van der Waals surface area contributed by atoms with Crippen molar-refractivity contribution < 1.29 is 14.3 Å². The Morgan fingerprint density at radius 1 is 1.23 bits per heavy atom. The Labute approximate surface area is 185 Å². The van der Waals surface area contributed by atoms with Crippen LogP contribution in [0.4, 0.5) is 0 Å². The normalized spacial score (nSPS) is 32.3. The van der Waals surface area contributed by atoms with Crippen molar-refractivity contribution in [3.8, 4) is 0 Å². The van der Waals surface area contributed by atoms with Gasteiger partial charge in [0.15, 0.2) is 11.9 Å². The standard InChI is InChI=1S/C23H29N3O4S/c1-11-13(3)31-20-17(11)19(28)24-18(25-20)12(2)30-21(29)22-6-15-5-16(7-22)9-23(8-15,10-22)26-14(4)27/h12,15-16H,5-10H2,1-4H3,(H,26,27)(H,24,25,28). The minimum Gasteiger partial charge on any atom is -0.454 e. The molecule has 0 saturated heterocycles. The van der Waals surface area contributed by atoms with Crippen molar-refractivity contribution in [2.45, 2.75) is 77.9 Å². The van der Waals surface area contributed by atoms with Crippen LogP contribution in [0.2, 0.25) is 0 Å². The van der Waals surface area contributed by atoms with Crippen molar-refractivity contribution in [1.29, 1.82) is 0 Å². The third-order valence-corrected chi connectivity index (χ3v) is 8.76. The summed E-state index contributed by atoms with van der Waals surface area (Å²) >= 11 is 1.48. The Kier molecular flexibility index (Phi) is 4.59. The number of carbonyl (C=O) groups is 2. The lowest BCUT2D eigenvalue weighted by atomic mass is 9.47. The van der Waals surface area contributed by atoms with Gasteiger partial charge in [-0.2, -0.15) is 0 Å². The van der Waals surface area contributed by atoms with E-state index in [0.29, 0.717) is 34.3 Å². The number of ether oxygens (including phenoxy) is 1. The number of amides is 1. The average molecular weight is 444 g/mol. The van der Waals surface area contributed by atoms with Crippen molar-refractivity contribution >= 4 is 33.4 Å². The topological polar surface area (TPSA) is 101 Å². The Bertz CT molecular complexity index is 1140. The van der Waals surface area contributed by atoms with E-state index < -0.39 is 11.5 Å². The van der Waals surface area contributed by atoms with E-state index in [1.54, 1.807) is 13.8 Å². The molecule has 0 aromatic carbocycles. The summed E-state index contributed by atoms with van der Waals surface area (Å²) in [4.78, 5) is 47.1. The largest absolute Gasteiger partial charge is 0.454 e. The molecule has 2 aromatic heterocycles. The van der Waals surface area contributed by atoms with Crippen molar-refractivity contribution in [2.24, 2.45) is 17.3 Å². The number of thiophene rings is 1. The minimum atomic E-state index is -0.642. The van der Waals surface area contributed by atoms with E-state index in [4.69, 9.17) is 4.74 Å². The summed E-state index contributed by atoms with van der Waals surface area (Å²) in [6.07, 6.45) is 4.69. The van der Waals surface area contributed by atoms with Crippen LogP contribution in [-0.2, 0) is 14.3 Å². The van der Waals surface area contributed by atoms with Gasteiger partial charge in [-0.05, 0) is 76.7 Å². The molecular weight excluding hydrogens is 414 g/mol.